The number of aromatic nitrogens is 4. The number of tetrazole rings is 1. The van der Waals surface area contributed by atoms with Crippen molar-refractivity contribution < 1.29 is 0 Å². The summed E-state index contributed by atoms with van der Waals surface area (Å²) in [6.45, 7) is 4.25. The van der Waals surface area contributed by atoms with Crippen LogP contribution in [0.25, 0.3) is 5.69 Å². The number of benzene rings is 2. The number of hydrogen-bond acceptors (Lipinski definition) is 4. The third-order valence-electron chi connectivity index (χ3n) is 3.30. The van der Waals surface area contributed by atoms with E-state index >= 15 is 0 Å². The quantitative estimate of drug-likeness (QED) is 0.690. The molecule has 0 saturated heterocycles. The van der Waals surface area contributed by atoms with Gasteiger partial charge in [-0.05, 0) is 47.5 Å². The van der Waals surface area contributed by atoms with Crippen LogP contribution >= 0.6 is 11.8 Å². The molecule has 0 aliphatic carbocycles. The highest BCUT2D eigenvalue weighted by Gasteiger charge is 2.09. The van der Waals surface area contributed by atoms with Crippen molar-refractivity contribution >= 4 is 11.8 Å². The summed E-state index contributed by atoms with van der Waals surface area (Å²) in [4.78, 5) is 0. The topological polar surface area (TPSA) is 43.6 Å². The van der Waals surface area contributed by atoms with Gasteiger partial charge in [0.1, 0.15) is 0 Å². The zero-order valence-corrected chi connectivity index (χ0v) is 12.8. The lowest BCUT2D eigenvalue weighted by Gasteiger charge is -2.07. The lowest BCUT2D eigenvalue weighted by molar-refractivity contribution is 0.756. The lowest BCUT2D eigenvalue weighted by Crippen LogP contribution is -1.99. The van der Waals surface area contributed by atoms with Gasteiger partial charge in [0.2, 0.25) is 5.16 Å². The van der Waals surface area contributed by atoms with Crippen LogP contribution in [0.3, 0.4) is 0 Å². The third kappa shape index (κ3) is 3.13. The Morgan fingerprint density at radius 1 is 1.05 bits per heavy atom. The van der Waals surface area contributed by atoms with Gasteiger partial charge in [0.15, 0.2) is 0 Å². The van der Waals surface area contributed by atoms with E-state index in [1.807, 2.05) is 30.3 Å². The van der Waals surface area contributed by atoms with Crippen LogP contribution in [0, 0.1) is 13.8 Å². The Hall–Kier alpha value is -2.14. The van der Waals surface area contributed by atoms with Crippen molar-refractivity contribution in [2.45, 2.75) is 24.8 Å². The average molecular weight is 296 g/mol. The molecule has 0 saturated carbocycles. The van der Waals surface area contributed by atoms with Gasteiger partial charge in [0.25, 0.3) is 0 Å². The van der Waals surface area contributed by atoms with Crippen molar-refractivity contribution in [3.05, 3.63) is 65.2 Å². The molecule has 0 unspecified atom stereocenters. The Bertz CT molecular complexity index is 737. The fraction of sp³-hybridized carbons (Fsp3) is 0.188. The van der Waals surface area contributed by atoms with Gasteiger partial charge in [-0.3, -0.25) is 0 Å². The maximum Gasteiger partial charge on any atom is 0.214 e. The number of thioether (sulfide) groups is 1. The maximum atomic E-state index is 4.12. The molecule has 3 aromatic rings. The molecule has 106 valence electrons. The molecule has 1 aromatic heterocycles. The molecular formula is C16H16N4S. The predicted molar refractivity (Wildman–Crippen MR) is 84.6 cm³/mol. The summed E-state index contributed by atoms with van der Waals surface area (Å²) in [7, 11) is 0. The molecule has 0 bridgehead atoms. The minimum atomic E-state index is 0.807. The lowest BCUT2D eigenvalue weighted by atomic mass is 10.1. The zero-order valence-electron chi connectivity index (χ0n) is 12.0. The van der Waals surface area contributed by atoms with Gasteiger partial charge in [-0.1, -0.05) is 53.7 Å². The molecule has 0 N–H and O–H groups in total. The molecular weight excluding hydrogens is 280 g/mol. The molecule has 2 aromatic carbocycles. The molecule has 0 spiro atoms. The summed E-state index contributed by atoms with van der Waals surface area (Å²) in [5, 5.41) is 12.8. The number of nitrogens with zero attached hydrogens (tertiary/aromatic N) is 4. The van der Waals surface area contributed by atoms with Crippen LogP contribution < -0.4 is 0 Å². The number of hydrogen-bond donors (Lipinski definition) is 0. The largest absolute Gasteiger partial charge is 0.214 e. The predicted octanol–water partition coefficient (Wildman–Crippen LogP) is 3.57. The Morgan fingerprint density at radius 2 is 1.86 bits per heavy atom. The molecule has 0 radical (unpaired) electrons. The number of para-hydroxylation sites is 1. The minimum absolute atomic E-state index is 0.807. The first-order valence-corrected chi connectivity index (χ1v) is 7.75. The molecule has 5 heteroatoms. The van der Waals surface area contributed by atoms with E-state index in [2.05, 4.69) is 47.6 Å². The van der Waals surface area contributed by atoms with E-state index in [-0.39, 0.29) is 0 Å². The smallest absolute Gasteiger partial charge is 0.188 e. The highest BCUT2D eigenvalue weighted by Crippen LogP contribution is 2.24. The Balaban J connectivity index is 1.79. The van der Waals surface area contributed by atoms with Crippen molar-refractivity contribution in [3.63, 3.8) is 0 Å². The van der Waals surface area contributed by atoms with Gasteiger partial charge in [-0.2, -0.15) is 4.68 Å². The molecule has 0 fully saturated rings. The summed E-state index contributed by atoms with van der Waals surface area (Å²) in [5.41, 5.74) is 4.88. The van der Waals surface area contributed by atoms with E-state index < -0.39 is 0 Å². The molecule has 0 atom stereocenters. The van der Waals surface area contributed by atoms with Gasteiger partial charge in [-0.25, -0.2) is 0 Å². The third-order valence-corrected chi connectivity index (χ3v) is 4.26. The van der Waals surface area contributed by atoms with Gasteiger partial charge < -0.3 is 0 Å². The average Bonchev–Trinajstić information content (AvgIpc) is 2.96. The summed E-state index contributed by atoms with van der Waals surface area (Å²) in [5.74, 6) is 0.860. The van der Waals surface area contributed by atoms with Crippen LogP contribution in [-0.4, -0.2) is 20.2 Å². The highest BCUT2D eigenvalue weighted by molar-refractivity contribution is 7.98. The molecule has 0 aliphatic heterocycles. The highest BCUT2D eigenvalue weighted by atomic mass is 32.2. The summed E-state index contributed by atoms with van der Waals surface area (Å²) >= 11 is 1.65. The van der Waals surface area contributed by atoms with E-state index in [4.69, 9.17) is 0 Å². The van der Waals surface area contributed by atoms with Crippen molar-refractivity contribution in [3.8, 4) is 5.69 Å². The first-order valence-electron chi connectivity index (χ1n) is 6.77. The fourth-order valence-electron chi connectivity index (χ4n) is 2.15. The van der Waals surface area contributed by atoms with E-state index in [0.717, 1.165) is 16.6 Å². The van der Waals surface area contributed by atoms with Crippen LogP contribution in [0.5, 0.6) is 0 Å². The van der Waals surface area contributed by atoms with Crippen LogP contribution in [0.4, 0.5) is 0 Å². The van der Waals surface area contributed by atoms with Gasteiger partial charge in [-0.15, -0.1) is 5.10 Å². The first kappa shape index (κ1) is 13.8. The van der Waals surface area contributed by atoms with E-state index in [9.17, 15) is 0 Å². The van der Waals surface area contributed by atoms with Gasteiger partial charge >= 0.3 is 0 Å². The normalized spacial score (nSPS) is 10.8. The number of aryl methyl sites for hydroxylation is 2. The molecule has 21 heavy (non-hydrogen) atoms. The van der Waals surface area contributed by atoms with Crippen LogP contribution in [-0.2, 0) is 5.75 Å². The standard InChI is InChI=1S/C16H16N4S/c1-12-8-9-14(13(2)10-12)11-21-16-17-18-19-20(16)15-6-4-3-5-7-15/h3-10H,11H2,1-2H3. The van der Waals surface area contributed by atoms with E-state index in [1.54, 1.807) is 16.4 Å². The summed E-state index contributed by atoms with van der Waals surface area (Å²) in [6.07, 6.45) is 0. The summed E-state index contributed by atoms with van der Waals surface area (Å²) < 4.78 is 1.77. The van der Waals surface area contributed by atoms with Crippen LogP contribution in [0.1, 0.15) is 16.7 Å². The van der Waals surface area contributed by atoms with Gasteiger partial charge in [0.05, 0.1) is 5.69 Å². The Kier molecular flexibility index (Phi) is 4.01. The van der Waals surface area contributed by atoms with Crippen LogP contribution in [0.2, 0.25) is 0 Å². The van der Waals surface area contributed by atoms with Crippen molar-refractivity contribution in [2.24, 2.45) is 0 Å². The van der Waals surface area contributed by atoms with Crippen molar-refractivity contribution in [1.82, 2.24) is 20.2 Å². The molecule has 0 amide bonds. The Morgan fingerprint density at radius 3 is 2.62 bits per heavy atom. The maximum absolute atomic E-state index is 4.12. The molecule has 0 aliphatic rings. The van der Waals surface area contributed by atoms with Crippen molar-refractivity contribution in [1.29, 1.82) is 0 Å². The monoisotopic (exact) mass is 296 g/mol. The van der Waals surface area contributed by atoms with E-state index in [1.165, 1.54) is 16.7 Å². The molecule has 1 heterocycles. The number of rotatable bonds is 4. The molecule has 4 nitrogen and oxygen atoms in total. The van der Waals surface area contributed by atoms with Crippen molar-refractivity contribution in [2.75, 3.05) is 0 Å². The Labute approximate surface area is 128 Å². The SMILES string of the molecule is Cc1ccc(CSc2nnnn2-c2ccccc2)c(C)c1. The van der Waals surface area contributed by atoms with E-state index in [0.29, 0.717) is 0 Å². The van der Waals surface area contributed by atoms with Gasteiger partial charge in [0, 0.05) is 5.75 Å². The second-order valence-corrected chi connectivity index (χ2v) is 5.87. The second-order valence-electron chi connectivity index (χ2n) is 4.93. The molecule has 3 rings (SSSR count). The second kappa shape index (κ2) is 6.10. The minimum Gasteiger partial charge on any atom is -0.188 e. The fourth-order valence-corrected chi connectivity index (χ4v) is 3.12. The zero-order chi connectivity index (χ0) is 14.7. The first-order chi connectivity index (χ1) is 10.2. The van der Waals surface area contributed by atoms with Crippen LogP contribution in [0.15, 0.2) is 53.7 Å². The summed E-state index contributed by atoms with van der Waals surface area (Å²) in [6, 6.07) is 16.5.